The van der Waals surface area contributed by atoms with Crippen LogP contribution >= 0.6 is 15.9 Å². The quantitative estimate of drug-likeness (QED) is 0.880. The van der Waals surface area contributed by atoms with E-state index in [0.29, 0.717) is 5.56 Å². The molecule has 0 unspecified atom stereocenters. The van der Waals surface area contributed by atoms with E-state index in [-0.39, 0.29) is 22.5 Å². The molecule has 0 aliphatic heterocycles. The molecule has 0 fully saturated rings. The highest BCUT2D eigenvalue weighted by atomic mass is 79.9. The minimum absolute atomic E-state index is 0.153. The van der Waals surface area contributed by atoms with Crippen LogP contribution in [0, 0.1) is 17.5 Å². The first kappa shape index (κ1) is 13.0. The van der Waals surface area contributed by atoms with E-state index >= 15 is 0 Å². The van der Waals surface area contributed by atoms with Gasteiger partial charge in [0.15, 0.2) is 0 Å². The number of nitrogens with one attached hydrogen (secondary N) is 1. The number of rotatable bonds is 3. The van der Waals surface area contributed by atoms with Gasteiger partial charge in [0, 0.05) is 17.1 Å². The van der Waals surface area contributed by atoms with Gasteiger partial charge in [-0.25, -0.2) is 13.2 Å². The van der Waals surface area contributed by atoms with Gasteiger partial charge in [-0.3, -0.25) is 0 Å². The van der Waals surface area contributed by atoms with Crippen molar-refractivity contribution >= 4 is 21.6 Å². The van der Waals surface area contributed by atoms with Gasteiger partial charge in [-0.2, -0.15) is 0 Å². The third-order valence-electron chi connectivity index (χ3n) is 2.37. The summed E-state index contributed by atoms with van der Waals surface area (Å²) in [6.45, 7) is 0.249. The van der Waals surface area contributed by atoms with Gasteiger partial charge in [-0.05, 0) is 39.7 Å². The van der Waals surface area contributed by atoms with Gasteiger partial charge >= 0.3 is 0 Å². The molecule has 0 aromatic heterocycles. The Labute approximate surface area is 111 Å². The van der Waals surface area contributed by atoms with Crippen LogP contribution in [0.15, 0.2) is 40.9 Å². The van der Waals surface area contributed by atoms with Gasteiger partial charge in [0.2, 0.25) is 0 Å². The summed E-state index contributed by atoms with van der Waals surface area (Å²) in [4.78, 5) is 0. The minimum Gasteiger partial charge on any atom is -0.378 e. The largest absolute Gasteiger partial charge is 0.378 e. The van der Waals surface area contributed by atoms with Crippen LogP contribution in [0.4, 0.5) is 18.9 Å². The molecule has 0 radical (unpaired) electrons. The van der Waals surface area contributed by atoms with Crippen molar-refractivity contribution in [2.45, 2.75) is 6.54 Å². The first-order valence-corrected chi connectivity index (χ1v) is 5.98. The molecular formula is C13H9BrF3N. The summed E-state index contributed by atoms with van der Waals surface area (Å²) in [5.41, 5.74) is 0.825. The molecule has 2 aromatic rings. The first-order valence-electron chi connectivity index (χ1n) is 5.19. The molecule has 2 aromatic carbocycles. The zero-order valence-electron chi connectivity index (χ0n) is 9.18. The van der Waals surface area contributed by atoms with Crippen molar-refractivity contribution in [3.63, 3.8) is 0 Å². The minimum atomic E-state index is -0.696. The van der Waals surface area contributed by atoms with Crippen molar-refractivity contribution < 1.29 is 13.2 Å². The number of benzene rings is 2. The summed E-state index contributed by atoms with van der Waals surface area (Å²) in [7, 11) is 0. The van der Waals surface area contributed by atoms with Crippen molar-refractivity contribution in [3.05, 3.63) is 63.9 Å². The Bertz CT molecular complexity index is 549. The van der Waals surface area contributed by atoms with E-state index in [0.717, 1.165) is 12.1 Å². The van der Waals surface area contributed by atoms with Crippen LogP contribution < -0.4 is 5.32 Å². The highest BCUT2D eigenvalue weighted by molar-refractivity contribution is 9.10. The molecule has 2 rings (SSSR count). The maximum Gasteiger partial charge on any atom is 0.150 e. The standard InChI is InChI=1S/C13H9BrF3N/c14-11-5-10(16)6-12(17)13(11)18-7-8-2-1-3-9(15)4-8/h1-6,18H,7H2. The Morgan fingerprint density at radius 3 is 2.44 bits per heavy atom. The fourth-order valence-electron chi connectivity index (χ4n) is 1.55. The van der Waals surface area contributed by atoms with Crippen LogP contribution in [0.1, 0.15) is 5.56 Å². The van der Waals surface area contributed by atoms with Crippen molar-refractivity contribution in [1.82, 2.24) is 0 Å². The molecule has 0 amide bonds. The number of hydrogen-bond acceptors (Lipinski definition) is 1. The normalized spacial score (nSPS) is 10.4. The lowest BCUT2D eigenvalue weighted by atomic mass is 10.2. The van der Waals surface area contributed by atoms with Crippen LogP contribution in [0.25, 0.3) is 0 Å². The Morgan fingerprint density at radius 2 is 1.78 bits per heavy atom. The Balaban J connectivity index is 2.16. The molecular weight excluding hydrogens is 307 g/mol. The van der Waals surface area contributed by atoms with Crippen molar-refractivity contribution in [1.29, 1.82) is 0 Å². The summed E-state index contributed by atoms with van der Waals surface area (Å²) in [6.07, 6.45) is 0. The summed E-state index contributed by atoms with van der Waals surface area (Å²) < 4.78 is 39.6. The monoisotopic (exact) mass is 315 g/mol. The number of anilines is 1. The molecule has 0 saturated carbocycles. The number of hydrogen-bond donors (Lipinski definition) is 1. The van der Waals surface area contributed by atoms with Crippen LogP contribution in [0.2, 0.25) is 0 Å². The zero-order chi connectivity index (χ0) is 13.1. The topological polar surface area (TPSA) is 12.0 Å². The van der Waals surface area contributed by atoms with Crippen molar-refractivity contribution in [2.24, 2.45) is 0 Å². The smallest absolute Gasteiger partial charge is 0.150 e. The fourth-order valence-corrected chi connectivity index (χ4v) is 2.10. The molecule has 5 heteroatoms. The molecule has 0 heterocycles. The van der Waals surface area contributed by atoms with Gasteiger partial charge in [-0.1, -0.05) is 12.1 Å². The van der Waals surface area contributed by atoms with Gasteiger partial charge in [0.25, 0.3) is 0 Å². The lowest BCUT2D eigenvalue weighted by Crippen LogP contribution is -2.03. The molecule has 0 aliphatic carbocycles. The second kappa shape index (κ2) is 5.44. The summed E-state index contributed by atoms with van der Waals surface area (Å²) in [5.74, 6) is -1.71. The van der Waals surface area contributed by atoms with E-state index in [1.165, 1.54) is 12.1 Å². The fraction of sp³-hybridized carbons (Fsp3) is 0.0769. The maximum absolute atomic E-state index is 13.5. The average Bonchev–Trinajstić information content (AvgIpc) is 2.27. The maximum atomic E-state index is 13.5. The van der Waals surface area contributed by atoms with E-state index < -0.39 is 11.6 Å². The van der Waals surface area contributed by atoms with Crippen LogP contribution in [-0.4, -0.2) is 0 Å². The van der Waals surface area contributed by atoms with E-state index in [9.17, 15) is 13.2 Å². The molecule has 1 N–H and O–H groups in total. The lowest BCUT2D eigenvalue weighted by molar-refractivity contribution is 0.583. The van der Waals surface area contributed by atoms with Crippen LogP contribution in [0.3, 0.4) is 0 Å². The summed E-state index contributed by atoms with van der Waals surface area (Å²) >= 11 is 3.07. The highest BCUT2D eigenvalue weighted by Gasteiger charge is 2.09. The van der Waals surface area contributed by atoms with Crippen molar-refractivity contribution in [2.75, 3.05) is 5.32 Å². The first-order chi connectivity index (χ1) is 8.56. The predicted octanol–water partition coefficient (Wildman–Crippen LogP) is 4.48. The summed E-state index contributed by atoms with van der Waals surface area (Å²) in [5, 5.41) is 2.80. The van der Waals surface area contributed by atoms with Gasteiger partial charge in [-0.15, -0.1) is 0 Å². The third kappa shape index (κ3) is 3.04. The van der Waals surface area contributed by atoms with Gasteiger partial charge in [0.1, 0.15) is 17.5 Å². The average molecular weight is 316 g/mol. The number of halogens is 4. The molecule has 0 saturated heterocycles. The molecule has 0 atom stereocenters. The molecule has 0 aliphatic rings. The predicted molar refractivity (Wildman–Crippen MR) is 67.8 cm³/mol. The van der Waals surface area contributed by atoms with Crippen LogP contribution in [-0.2, 0) is 6.54 Å². The second-order valence-corrected chi connectivity index (χ2v) is 4.58. The Morgan fingerprint density at radius 1 is 1.00 bits per heavy atom. The molecule has 18 heavy (non-hydrogen) atoms. The van der Waals surface area contributed by atoms with E-state index in [2.05, 4.69) is 21.2 Å². The molecule has 94 valence electrons. The van der Waals surface area contributed by atoms with E-state index in [1.54, 1.807) is 12.1 Å². The molecule has 1 nitrogen and oxygen atoms in total. The molecule has 0 bridgehead atoms. The van der Waals surface area contributed by atoms with E-state index in [1.807, 2.05) is 0 Å². The Kier molecular flexibility index (Phi) is 3.91. The van der Waals surface area contributed by atoms with E-state index in [4.69, 9.17) is 0 Å². The zero-order valence-corrected chi connectivity index (χ0v) is 10.8. The molecule has 0 spiro atoms. The second-order valence-electron chi connectivity index (χ2n) is 3.73. The SMILES string of the molecule is Fc1cccc(CNc2c(F)cc(F)cc2Br)c1. The third-order valence-corrected chi connectivity index (χ3v) is 2.99. The summed E-state index contributed by atoms with van der Waals surface area (Å²) in [6, 6.07) is 7.92. The van der Waals surface area contributed by atoms with Gasteiger partial charge < -0.3 is 5.32 Å². The van der Waals surface area contributed by atoms with Gasteiger partial charge in [0.05, 0.1) is 5.69 Å². The Hall–Kier alpha value is -1.49. The van der Waals surface area contributed by atoms with Crippen molar-refractivity contribution in [3.8, 4) is 0 Å². The highest BCUT2D eigenvalue weighted by Crippen LogP contribution is 2.27. The van der Waals surface area contributed by atoms with Crippen LogP contribution in [0.5, 0.6) is 0 Å². The lowest BCUT2D eigenvalue weighted by Gasteiger charge is -2.10.